The normalized spacial score (nSPS) is 10.8. The lowest BCUT2D eigenvalue weighted by Gasteiger charge is -2.01. The van der Waals surface area contributed by atoms with Crippen molar-refractivity contribution >= 4 is 11.6 Å². The fraction of sp³-hybridized carbons (Fsp3) is 0.231. The average Bonchev–Trinajstić information content (AvgIpc) is 2.72. The average molecular weight is 254 g/mol. The molecule has 1 aromatic heterocycles. The molecule has 2 nitrogen and oxygen atoms in total. The Morgan fingerprint density at radius 1 is 1.18 bits per heavy atom. The monoisotopic (exact) mass is 253 g/mol. The first kappa shape index (κ1) is 12.1. The number of rotatable bonds is 4. The second-order valence-corrected chi connectivity index (χ2v) is 4.26. The number of benzene rings is 1. The van der Waals surface area contributed by atoms with Crippen molar-refractivity contribution in [2.75, 3.05) is 6.54 Å². The smallest absolute Gasteiger partial charge is 0.126 e. The summed E-state index contributed by atoms with van der Waals surface area (Å²) < 4.78 is 19.0. The Hall–Kier alpha value is -1.32. The van der Waals surface area contributed by atoms with Crippen LogP contribution in [0.3, 0.4) is 0 Å². The molecule has 4 heteroatoms. The van der Waals surface area contributed by atoms with Gasteiger partial charge in [0.2, 0.25) is 0 Å². The van der Waals surface area contributed by atoms with Gasteiger partial charge in [0.1, 0.15) is 17.3 Å². The van der Waals surface area contributed by atoms with Crippen molar-refractivity contribution in [2.24, 2.45) is 5.73 Å². The van der Waals surface area contributed by atoms with Gasteiger partial charge in [-0.3, -0.25) is 0 Å². The topological polar surface area (TPSA) is 39.2 Å². The minimum atomic E-state index is -0.272. The Bertz CT molecular complexity index is 510. The summed E-state index contributed by atoms with van der Waals surface area (Å²) in [5, 5.41) is 0.523. The van der Waals surface area contributed by atoms with Crippen molar-refractivity contribution in [1.82, 2.24) is 0 Å². The van der Waals surface area contributed by atoms with Crippen LogP contribution in [0, 0.1) is 5.82 Å². The molecule has 0 aliphatic carbocycles. The molecule has 0 aliphatic heterocycles. The molecular formula is C13H13ClFNO. The Kier molecular flexibility index (Phi) is 3.82. The van der Waals surface area contributed by atoms with E-state index >= 15 is 0 Å². The van der Waals surface area contributed by atoms with Crippen LogP contribution in [0.2, 0.25) is 5.02 Å². The van der Waals surface area contributed by atoms with Crippen LogP contribution < -0.4 is 5.73 Å². The standard InChI is InChI=1S/C13H13ClFNO/c14-10-1-4-13(15)9(7-10)8-12-3-2-11(17-12)5-6-16/h1-4,7H,5-6,8,16H2. The highest BCUT2D eigenvalue weighted by Gasteiger charge is 2.07. The van der Waals surface area contributed by atoms with E-state index in [2.05, 4.69) is 0 Å². The second kappa shape index (κ2) is 5.34. The van der Waals surface area contributed by atoms with E-state index in [1.165, 1.54) is 12.1 Å². The minimum absolute atomic E-state index is 0.272. The third-order valence-electron chi connectivity index (χ3n) is 2.48. The van der Waals surface area contributed by atoms with Gasteiger partial charge in [-0.2, -0.15) is 0 Å². The molecule has 0 fully saturated rings. The minimum Gasteiger partial charge on any atom is -0.466 e. The van der Waals surface area contributed by atoms with E-state index in [4.69, 9.17) is 21.8 Å². The van der Waals surface area contributed by atoms with Crippen LogP contribution in [0.15, 0.2) is 34.7 Å². The first-order valence-corrected chi connectivity index (χ1v) is 5.78. The molecule has 0 unspecified atom stereocenters. The molecule has 0 saturated heterocycles. The van der Waals surface area contributed by atoms with Gasteiger partial charge in [-0.25, -0.2) is 4.39 Å². The van der Waals surface area contributed by atoms with Crippen molar-refractivity contribution in [2.45, 2.75) is 12.8 Å². The van der Waals surface area contributed by atoms with Gasteiger partial charge >= 0.3 is 0 Å². The molecule has 0 aliphatic rings. The molecule has 1 aromatic carbocycles. The van der Waals surface area contributed by atoms with Crippen molar-refractivity contribution < 1.29 is 8.81 Å². The van der Waals surface area contributed by atoms with Crippen molar-refractivity contribution in [3.05, 3.63) is 58.3 Å². The van der Waals surface area contributed by atoms with Gasteiger partial charge in [-0.05, 0) is 42.4 Å². The summed E-state index contributed by atoms with van der Waals surface area (Å²) in [6.45, 7) is 0.540. The van der Waals surface area contributed by atoms with E-state index in [9.17, 15) is 4.39 Å². The predicted molar refractivity (Wildman–Crippen MR) is 65.7 cm³/mol. The van der Waals surface area contributed by atoms with Gasteiger partial charge in [0.25, 0.3) is 0 Å². The first-order chi connectivity index (χ1) is 8.19. The van der Waals surface area contributed by atoms with Crippen LogP contribution in [0.5, 0.6) is 0 Å². The molecule has 0 bridgehead atoms. The molecule has 0 spiro atoms. The quantitative estimate of drug-likeness (QED) is 0.909. The van der Waals surface area contributed by atoms with E-state index in [1.807, 2.05) is 12.1 Å². The van der Waals surface area contributed by atoms with Crippen LogP contribution in [0.1, 0.15) is 17.1 Å². The maximum Gasteiger partial charge on any atom is 0.126 e. The zero-order valence-corrected chi connectivity index (χ0v) is 10.0. The third-order valence-corrected chi connectivity index (χ3v) is 2.72. The van der Waals surface area contributed by atoms with E-state index in [1.54, 1.807) is 6.07 Å². The van der Waals surface area contributed by atoms with Crippen molar-refractivity contribution in [3.8, 4) is 0 Å². The van der Waals surface area contributed by atoms with Gasteiger partial charge < -0.3 is 10.2 Å². The highest BCUT2D eigenvalue weighted by molar-refractivity contribution is 6.30. The lowest BCUT2D eigenvalue weighted by Crippen LogP contribution is -2.01. The maximum atomic E-state index is 13.5. The molecular weight excluding hydrogens is 241 g/mol. The molecule has 17 heavy (non-hydrogen) atoms. The molecule has 0 amide bonds. The Labute approximate surface area is 104 Å². The fourth-order valence-electron chi connectivity index (χ4n) is 1.66. The number of halogens is 2. The SMILES string of the molecule is NCCc1ccc(Cc2cc(Cl)ccc2F)o1. The van der Waals surface area contributed by atoms with Gasteiger partial charge in [0.05, 0.1) is 0 Å². The highest BCUT2D eigenvalue weighted by atomic mass is 35.5. The zero-order valence-electron chi connectivity index (χ0n) is 9.25. The maximum absolute atomic E-state index is 13.5. The summed E-state index contributed by atoms with van der Waals surface area (Å²) in [6, 6.07) is 8.21. The van der Waals surface area contributed by atoms with E-state index < -0.39 is 0 Å². The number of nitrogens with two attached hydrogens (primary N) is 1. The molecule has 0 atom stereocenters. The van der Waals surface area contributed by atoms with Crippen LogP contribution in [-0.2, 0) is 12.8 Å². The number of furan rings is 1. The molecule has 2 rings (SSSR count). The second-order valence-electron chi connectivity index (χ2n) is 3.82. The van der Waals surface area contributed by atoms with Gasteiger partial charge in [-0.1, -0.05) is 11.6 Å². The van der Waals surface area contributed by atoms with E-state index in [0.717, 1.165) is 11.5 Å². The first-order valence-electron chi connectivity index (χ1n) is 5.40. The van der Waals surface area contributed by atoms with Crippen LogP contribution in [0.4, 0.5) is 4.39 Å². The Morgan fingerprint density at radius 3 is 2.71 bits per heavy atom. The molecule has 1 heterocycles. The number of hydrogen-bond donors (Lipinski definition) is 1. The van der Waals surface area contributed by atoms with Gasteiger partial charge in [0, 0.05) is 17.9 Å². The van der Waals surface area contributed by atoms with Crippen LogP contribution >= 0.6 is 11.6 Å². The molecule has 90 valence electrons. The molecule has 2 aromatic rings. The summed E-state index contributed by atoms with van der Waals surface area (Å²) in [7, 11) is 0. The third kappa shape index (κ3) is 3.08. The van der Waals surface area contributed by atoms with Crippen LogP contribution in [-0.4, -0.2) is 6.54 Å². The summed E-state index contributed by atoms with van der Waals surface area (Å²) in [6.07, 6.45) is 1.09. The largest absolute Gasteiger partial charge is 0.466 e. The Morgan fingerprint density at radius 2 is 1.94 bits per heavy atom. The summed E-state index contributed by atoms with van der Waals surface area (Å²) in [4.78, 5) is 0. The highest BCUT2D eigenvalue weighted by Crippen LogP contribution is 2.19. The fourth-order valence-corrected chi connectivity index (χ4v) is 1.86. The lowest BCUT2D eigenvalue weighted by atomic mass is 10.1. The predicted octanol–water partition coefficient (Wildman–Crippen LogP) is 3.16. The van der Waals surface area contributed by atoms with Crippen molar-refractivity contribution in [3.63, 3.8) is 0 Å². The summed E-state index contributed by atoms with van der Waals surface area (Å²) >= 11 is 5.82. The van der Waals surface area contributed by atoms with Gasteiger partial charge in [0.15, 0.2) is 0 Å². The van der Waals surface area contributed by atoms with Gasteiger partial charge in [-0.15, -0.1) is 0 Å². The molecule has 0 radical (unpaired) electrons. The van der Waals surface area contributed by atoms with Crippen molar-refractivity contribution in [1.29, 1.82) is 0 Å². The molecule has 0 saturated carbocycles. The molecule has 2 N–H and O–H groups in total. The lowest BCUT2D eigenvalue weighted by molar-refractivity contribution is 0.471. The Balaban J connectivity index is 2.16. The van der Waals surface area contributed by atoms with E-state index in [0.29, 0.717) is 30.0 Å². The van der Waals surface area contributed by atoms with Crippen LogP contribution in [0.25, 0.3) is 0 Å². The van der Waals surface area contributed by atoms with E-state index in [-0.39, 0.29) is 5.82 Å². The summed E-state index contributed by atoms with van der Waals surface area (Å²) in [5.74, 6) is 1.27. The summed E-state index contributed by atoms with van der Waals surface area (Å²) in [5.41, 5.74) is 5.96. The number of hydrogen-bond acceptors (Lipinski definition) is 2. The zero-order chi connectivity index (χ0) is 12.3.